The zero-order valence-corrected chi connectivity index (χ0v) is 18.2. The Labute approximate surface area is 172 Å². The lowest BCUT2D eigenvalue weighted by atomic mass is 10.2. The van der Waals surface area contributed by atoms with Crippen molar-refractivity contribution in [3.63, 3.8) is 0 Å². The molecule has 0 atom stereocenters. The molecule has 0 aliphatic heterocycles. The molecule has 1 N–H and O–H groups in total. The van der Waals surface area contributed by atoms with Crippen LogP contribution in [0.15, 0.2) is 51.8 Å². The molecular formula is C19H21BrN4O3S. The van der Waals surface area contributed by atoms with Crippen LogP contribution >= 0.6 is 15.9 Å². The third kappa shape index (κ3) is 4.26. The minimum absolute atomic E-state index is 0.110. The Kier molecular flexibility index (Phi) is 5.87. The van der Waals surface area contributed by atoms with Gasteiger partial charge in [0.25, 0.3) is 0 Å². The van der Waals surface area contributed by atoms with Gasteiger partial charge in [0.2, 0.25) is 15.9 Å². The van der Waals surface area contributed by atoms with Crippen molar-refractivity contribution in [1.82, 2.24) is 13.9 Å². The van der Waals surface area contributed by atoms with E-state index in [9.17, 15) is 13.2 Å². The van der Waals surface area contributed by atoms with Gasteiger partial charge in [-0.3, -0.25) is 4.79 Å². The number of carbonyl (C=O) groups excluding carboxylic acids is 1. The molecule has 0 aliphatic carbocycles. The maximum atomic E-state index is 12.3. The zero-order chi connectivity index (χ0) is 20.5. The van der Waals surface area contributed by atoms with Gasteiger partial charge in [-0.15, -0.1) is 0 Å². The highest BCUT2D eigenvalue weighted by Crippen LogP contribution is 2.22. The van der Waals surface area contributed by atoms with Gasteiger partial charge in [-0.2, -0.15) is 0 Å². The molecule has 0 unspecified atom stereocenters. The summed E-state index contributed by atoms with van der Waals surface area (Å²) in [6.45, 7) is 0. The Hall–Kier alpha value is -2.23. The first-order valence-corrected chi connectivity index (χ1v) is 10.8. The normalized spacial score (nSPS) is 11.9. The van der Waals surface area contributed by atoms with Gasteiger partial charge in [-0.25, -0.2) is 17.7 Å². The van der Waals surface area contributed by atoms with Gasteiger partial charge >= 0.3 is 0 Å². The summed E-state index contributed by atoms with van der Waals surface area (Å²) in [6, 6.07) is 12.3. The molecule has 28 heavy (non-hydrogen) atoms. The van der Waals surface area contributed by atoms with Crippen LogP contribution in [0.3, 0.4) is 0 Å². The molecule has 3 rings (SSSR count). The average molecular weight is 465 g/mol. The van der Waals surface area contributed by atoms with Gasteiger partial charge in [0.05, 0.1) is 15.9 Å². The van der Waals surface area contributed by atoms with Gasteiger partial charge < -0.3 is 9.88 Å². The summed E-state index contributed by atoms with van der Waals surface area (Å²) >= 11 is 3.37. The molecule has 0 saturated carbocycles. The lowest BCUT2D eigenvalue weighted by Crippen LogP contribution is -2.22. The largest absolute Gasteiger partial charge is 0.331 e. The van der Waals surface area contributed by atoms with Crippen LogP contribution in [0.5, 0.6) is 0 Å². The number of aryl methyl sites for hydroxylation is 2. The highest BCUT2D eigenvalue weighted by molar-refractivity contribution is 9.10. The Bertz CT molecular complexity index is 1140. The van der Waals surface area contributed by atoms with E-state index in [1.807, 2.05) is 35.9 Å². The van der Waals surface area contributed by atoms with E-state index in [0.717, 1.165) is 21.5 Å². The van der Waals surface area contributed by atoms with Gasteiger partial charge in [-0.05, 0) is 36.4 Å². The molecule has 0 saturated heterocycles. The van der Waals surface area contributed by atoms with Crippen LogP contribution < -0.4 is 5.32 Å². The molecule has 2 aromatic carbocycles. The molecule has 0 fully saturated rings. The van der Waals surface area contributed by atoms with Crippen molar-refractivity contribution in [2.45, 2.75) is 17.7 Å². The fourth-order valence-electron chi connectivity index (χ4n) is 2.84. The number of halogens is 1. The van der Waals surface area contributed by atoms with E-state index in [2.05, 4.69) is 26.2 Å². The molecule has 0 radical (unpaired) electrons. The minimum Gasteiger partial charge on any atom is -0.331 e. The van der Waals surface area contributed by atoms with Gasteiger partial charge in [-0.1, -0.05) is 22.0 Å². The van der Waals surface area contributed by atoms with Crippen LogP contribution in [0.2, 0.25) is 0 Å². The van der Waals surface area contributed by atoms with E-state index in [4.69, 9.17) is 0 Å². The van der Waals surface area contributed by atoms with Crippen molar-refractivity contribution in [3.05, 3.63) is 52.8 Å². The monoisotopic (exact) mass is 464 g/mol. The second-order valence-corrected chi connectivity index (χ2v) is 9.65. The number of anilines is 1. The highest BCUT2D eigenvalue weighted by atomic mass is 79.9. The van der Waals surface area contributed by atoms with Crippen LogP contribution in [0.1, 0.15) is 12.2 Å². The lowest BCUT2D eigenvalue weighted by molar-refractivity contribution is -0.116. The van der Waals surface area contributed by atoms with E-state index in [0.29, 0.717) is 11.9 Å². The number of hydrogen-bond donors (Lipinski definition) is 1. The van der Waals surface area contributed by atoms with Crippen LogP contribution in [0, 0.1) is 0 Å². The maximum Gasteiger partial charge on any atom is 0.242 e. The van der Waals surface area contributed by atoms with E-state index in [-0.39, 0.29) is 17.2 Å². The van der Waals surface area contributed by atoms with Crippen molar-refractivity contribution in [1.29, 1.82) is 0 Å². The third-order valence-electron chi connectivity index (χ3n) is 4.41. The number of fused-ring (bicyclic) bond motifs is 1. The van der Waals surface area contributed by atoms with Crippen LogP contribution in [0.25, 0.3) is 11.0 Å². The minimum atomic E-state index is -3.52. The van der Waals surface area contributed by atoms with Crippen LogP contribution in [0.4, 0.5) is 5.69 Å². The number of amides is 1. The number of hydrogen-bond acceptors (Lipinski definition) is 4. The molecule has 7 nitrogen and oxygen atoms in total. The first kappa shape index (κ1) is 20.5. The maximum absolute atomic E-state index is 12.3. The van der Waals surface area contributed by atoms with Crippen molar-refractivity contribution < 1.29 is 13.2 Å². The summed E-state index contributed by atoms with van der Waals surface area (Å²) in [5.74, 6) is 0.611. The van der Waals surface area contributed by atoms with Crippen molar-refractivity contribution >= 4 is 48.6 Å². The SMILES string of the molecule is CN(C)S(=O)(=O)c1ccc2c(c1)nc(CCC(=O)Nc1cccc(Br)c1)n2C. The lowest BCUT2D eigenvalue weighted by Gasteiger charge is -2.10. The number of nitrogens with zero attached hydrogens (tertiary/aromatic N) is 3. The van der Waals surface area contributed by atoms with Gasteiger partial charge in [0.1, 0.15) is 5.82 Å². The number of carbonyl (C=O) groups is 1. The van der Waals surface area contributed by atoms with Gasteiger partial charge in [0.15, 0.2) is 0 Å². The van der Waals surface area contributed by atoms with Crippen molar-refractivity contribution in [2.24, 2.45) is 7.05 Å². The molecule has 148 valence electrons. The second-order valence-electron chi connectivity index (χ2n) is 6.58. The Morgan fingerprint density at radius 1 is 1.21 bits per heavy atom. The second kappa shape index (κ2) is 8.02. The molecule has 0 spiro atoms. The van der Waals surface area contributed by atoms with E-state index in [1.54, 1.807) is 18.2 Å². The fourth-order valence-corrected chi connectivity index (χ4v) is 4.16. The number of nitrogens with one attached hydrogen (secondary N) is 1. The van der Waals surface area contributed by atoms with E-state index in [1.165, 1.54) is 18.4 Å². The number of aromatic nitrogens is 2. The molecule has 0 bridgehead atoms. The number of sulfonamides is 1. The van der Waals surface area contributed by atoms with Crippen molar-refractivity contribution in [3.8, 4) is 0 Å². The topological polar surface area (TPSA) is 84.3 Å². The first-order valence-electron chi connectivity index (χ1n) is 8.62. The Morgan fingerprint density at radius 2 is 1.96 bits per heavy atom. The molecule has 3 aromatic rings. The molecule has 0 aliphatic rings. The predicted molar refractivity (Wildman–Crippen MR) is 113 cm³/mol. The van der Waals surface area contributed by atoms with Gasteiger partial charge in [0, 0.05) is 44.1 Å². The molecule has 1 amide bonds. The zero-order valence-electron chi connectivity index (χ0n) is 15.8. The fraction of sp³-hybridized carbons (Fsp3) is 0.263. The summed E-state index contributed by atoms with van der Waals surface area (Å²) in [4.78, 5) is 17.0. The summed E-state index contributed by atoms with van der Waals surface area (Å²) in [7, 11) is 1.33. The molecular weight excluding hydrogens is 444 g/mol. The highest BCUT2D eigenvalue weighted by Gasteiger charge is 2.19. The van der Waals surface area contributed by atoms with Crippen LogP contribution in [-0.4, -0.2) is 42.3 Å². The van der Waals surface area contributed by atoms with Crippen molar-refractivity contribution in [2.75, 3.05) is 19.4 Å². The quantitative estimate of drug-likeness (QED) is 0.606. The summed E-state index contributed by atoms with van der Waals surface area (Å²) in [5.41, 5.74) is 2.14. The summed E-state index contributed by atoms with van der Waals surface area (Å²) < 4.78 is 28.6. The van der Waals surface area contributed by atoms with E-state index < -0.39 is 10.0 Å². The Balaban J connectivity index is 1.76. The predicted octanol–water partition coefficient (Wildman–Crippen LogP) is 3.16. The first-order chi connectivity index (χ1) is 13.2. The molecule has 9 heteroatoms. The summed E-state index contributed by atoms with van der Waals surface area (Å²) in [6.07, 6.45) is 0.716. The summed E-state index contributed by atoms with van der Waals surface area (Å²) in [5, 5.41) is 2.86. The number of imidazole rings is 1. The standard InChI is InChI=1S/C19H21BrN4O3S/c1-23(2)28(26,27)15-7-8-17-16(12-15)22-18(24(17)3)9-10-19(25)21-14-6-4-5-13(20)11-14/h4-8,11-12H,9-10H2,1-3H3,(H,21,25). The number of benzene rings is 2. The smallest absolute Gasteiger partial charge is 0.242 e. The van der Waals surface area contributed by atoms with Crippen LogP contribution in [-0.2, 0) is 28.3 Å². The number of rotatable bonds is 6. The van der Waals surface area contributed by atoms with E-state index >= 15 is 0 Å². The molecule has 1 heterocycles. The average Bonchev–Trinajstić information content (AvgIpc) is 2.95. The molecule has 1 aromatic heterocycles. The third-order valence-corrected chi connectivity index (χ3v) is 6.71. The Morgan fingerprint density at radius 3 is 2.64 bits per heavy atom.